The van der Waals surface area contributed by atoms with Crippen LogP contribution in [0.4, 0.5) is 0 Å². The molecule has 0 aliphatic heterocycles. The Labute approximate surface area is 98.3 Å². The third-order valence-electron chi connectivity index (χ3n) is 2.80. The number of rotatable bonds is 3. The lowest BCUT2D eigenvalue weighted by atomic mass is 9.85. The summed E-state index contributed by atoms with van der Waals surface area (Å²) in [5, 5.41) is 9.30. The molecule has 2 aromatic rings. The fourth-order valence-corrected chi connectivity index (χ4v) is 1.95. The van der Waals surface area contributed by atoms with Gasteiger partial charge in [0.15, 0.2) is 0 Å². The van der Waals surface area contributed by atoms with Crippen LogP contribution in [-0.2, 0) is 10.2 Å². The second kappa shape index (κ2) is 3.83. The Morgan fingerprint density at radius 1 is 1.62 bits per heavy atom. The van der Waals surface area contributed by atoms with Crippen molar-refractivity contribution in [1.29, 1.82) is 0 Å². The first-order valence-electron chi connectivity index (χ1n) is 4.86. The van der Waals surface area contributed by atoms with Crippen molar-refractivity contribution in [2.75, 3.05) is 5.75 Å². The fraction of sp³-hybridized carbons (Fsp3) is 0.273. The van der Waals surface area contributed by atoms with Crippen LogP contribution in [0.25, 0.3) is 5.65 Å². The van der Waals surface area contributed by atoms with Crippen molar-refractivity contribution in [1.82, 2.24) is 9.38 Å². The minimum Gasteiger partial charge on any atom is -0.481 e. The van der Waals surface area contributed by atoms with Crippen LogP contribution in [0.2, 0.25) is 0 Å². The molecular weight excluding hydrogens is 224 g/mol. The average molecular weight is 236 g/mol. The van der Waals surface area contributed by atoms with Gasteiger partial charge < -0.3 is 9.51 Å². The van der Waals surface area contributed by atoms with Crippen molar-refractivity contribution < 1.29 is 9.90 Å². The topological polar surface area (TPSA) is 54.6 Å². The van der Waals surface area contributed by atoms with Crippen molar-refractivity contribution in [2.24, 2.45) is 0 Å². The third-order valence-corrected chi connectivity index (χ3v) is 3.43. The molecule has 0 bridgehead atoms. The highest BCUT2D eigenvalue weighted by atomic mass is 32.1. The van der Waals surface area contributed by atoms with Crippen LogP contribution in [0, 0.1) is 0 Å². The van der Waals surface area contributed by atoms with Crippen molar-refractivity contribution in [2.45, 2.75) is 12.3 Å². The number of aliphatic carboxylic acids is 1. The minimum atomic E-state index is -1.02. The number of fused-ring (bicyclic) bond motifs is 1. The van der Waals surface area contributed by atoms with Crippen LogP contribution in [-0.4, -0.2) is 26.2 Å². The van der Waals surface area contributed by atoms with E-state index in [1.807, 2.05) is 12.3 Å². The minimum absolute atomic E-state index is 0.231. The molecule has 0 saturated heterocycles. The van der Waals surface area contributed by atoms with Gasteiger partial charge in [0.05, 0.1) is 0 Å². The first-order chi connectivity index (χ1) is 7.59. The standard InChI is InChI=1S/C11H12N2O2S/c1-11(7-16,10(14)15)8-3-2-5-13-6-4-12-9(8)13/h2-6,16H,7H2,1H3,(H,14,15). The van der Waals surface area contributed by atoms with E-state index in [1.165, 1.54) is 0 Å². The fourth-order valence-electron chi connectivity index (χ4n) is 1.65. The predicted molar refractivity (Wildman–Crippen MR) is 64.0 cm³/mol. The summed E-state index contributed by atoms with van der Waals surface area (Å²) < 4.78 is 1.81. The first-order valence-corrected chi connectivity index (χ1v) is 5.49. The number of carboxylic acid groups (broad SMARTS) is 1. The molecule has 0 fully saturated rings. The van der Waals surface area contributed by atoms with Gasteiger partial charge >= 0.3 is 5.97 Å². The summed E-state index contributed by atoms with van der Waals surface area (Å²) in [6.45, 7) is 1.66. The number of nitrogens with zero attached hydrogens (tertiary/aromatic N) is 2. The van der Waals surface area contributed by atoms with Gasteiger partial charge in [-0.1, -0.05) is 6.07 Å². The summed E-state index contributed by atoms with van der Waals surface area (Å²) in [7, 11) is 0. The number of aromatic nitrogens is 2. The molecule has 84 valence electrons. The molecule has 4 nitrogen and oxygen atoms in total. The molecule has 0 spiro atoms. The number of hydrogen-bond acceptors (Lipinski definition) is 3. The van der Waals surface area contributed by atoms with Crippen molar-refractivity contribution >= 4 is 24.2 Å². The van der Waals surface area contributed by atoms with Crippen LogP contribution in [0.5, 0.6) is 0 Å². The van der Waals surface area contributed by atoms with E-state index in [1.54, 1.807) is 29.8 Å². The normalized spacial score (nSPS) is 14.9. The van der Waals surface area contributed by atoms with Gasteiger partial charge in [-0.15, -0.1) is 0 Å². The highest BCUT2D eigenvalue weighted by molar-refractivity contribution is 7.80. The van der Waals surface area contributed by atoms with Gasteiger partial charge in [0.1, 0.15) is 11.1 Å². The Hall–Kier alpha value is -1.49. The van der Waals surface area contributed by atoms with Crippen molar-refractivity contribution in [3.8, 4) is 0 Å². The number of thiol groups is 1. The van der Waals surface area contributed by atoms with E-state index >= 15 is 0 Å². The predicted octanol–water partition coefficient (Wildman–Crippen LogP) is 1.61. The van der Waals surface area contributed by atoms with Gasteiger partial charge in [-0.25, -0.2) is 4.98 Å². The third kappa shape index (κ3) is 1.48. The number of imidazole rings is 1. The Kier molecular flexibility index (Phi) is 2.63. The smallest absolute Gasteiger partial charge is 0.314 e. The summed E-state index contributed by atoms with van der Waals surface area (Å²) in [4.78, 5) is 15.5. The first kappa shape index (κ1) is 11.0. The molecule has 1 N–H and O–H groups in total. The summed E-state index contributed by atoms with van der Waals surface area (Å²) in [6, 6.07) is 3.60. The second-order valence-electron chi connectivity index (χ2n) is 3.88. The van der Waals surface area contributed by atoms with E-state index in [-0.39, 0.29) is 5.75 Å². The van der Waals surface area contributed by atoms with Gasteiger partial charge in [-0.05, 0) is 13.0 Å². The monoisotopic (exact) mass is 236 g/mol. The largest absolute Gasteiger partial charge is 0.481 e. The van der Waals surface area contributed by atoms with Gasteiger partial charge in [-0.3, -0.25) is 4.79 Å². The zero-order chi connectivity index (χ0) is 11.8. The van der Waals surface area contributed by atoms with Crippen molar-refractivity contribution in [3.63, 3.8) is 0 Å². The maximum Gasteiger partial charge on any atom is 0.314 e. The number of carbonyl (C=O) groups is 1. The summed E-state index contributed by atoms with van der Waals surface area (Å²) >= 11 is 4.14. The molecule has 2 rings (SSSR count). The Morgan fingerprint density at radius 2 is 2.38 bits per heavy atom. The van der Waals surface area contributed by atoms with Crippen molar-refractivity contribution in [3.05, 3.63) is 36.3 Å². The number of hydrogen-bond donors (Lipinski definition) is 2. The van der Waals surface area contributed by atoms with E-state index in [2.05, 4.69) is 17.6 Å². The lowest BCUT2D eigenvalue weighted by Gasteiger charge is -2.23. The molecule has 16 heavy (non-hydrogen) atoms. The molecular formula is C11H12N2O2S. The van der Waals surface area contributed by atoms with E-state index in [0.717, 1.165) is 0 Å². The van der Waals surface area contributed by atoms with Gasteiger partial charge in [-0.2, -0.15) is 12.6 Å². The summed E-state index contributed by atoms with van der Waals surface area (Å²) in [6.07, 6.45) is 5.28. The highest BCUT2D eigenvalue weighted by Crippen LogP contribution is 2.28. The quantitative estimate of drug-likeness (QED) is 0.796. The van der Waals surface area contributed by atoms with E-state index < -0.39 is 11.4 Å². The number of carboxylic acids is 1. The molecule has 2 heterocycles. The van der Waals surface area contributed by atoms with E-state index in [0.29, 0.717) is 11.2 Å². The molecule has 0 aliphatic carbocycles. The molecule has 0 radical (unpaired) electrons. The zero-order valence-electron chi connectivity index (χ0n) is 8.79. The molecule has 1 atom stereocenters. The van der Waals surface area contributed by atoms with Crippen LogP contribution in [0.3, 0.4) is 0 Å². The van der Waals surface area contributed by atoms with Crippen LogP contribution < -0.4 is 0 Å². The van der Waals surface area contributed by atoms with E-state index in [9.17, 15) is 9.90 Å². The summed E-state index contributed by atoms with van der Waals surface area (Å²) in [5.74, 6) is -0.659. The number of pyridine rings is 1. The highest BCUT2D eigenvalue weighted by Gasteiger charge is 2.35. The van der Waals surface area contributed by atoms with Crippen LogP contribution >= 0.6 is 12.6 Å². The van der Waals surface area contributed by atoms with E-state index in [4.69, 9.17) is 0 Å². The van der Waals surface area contributed by atoms with Crippen LogP contribution in [0.1, 0.15) is 12.5 Å². The van der Waals surface area contributed by atoms with Crippen LogP contribution in [0.15, 0.2) is 30.7 Å². The second-order valence-corrected chi connectivity index (χ2v) is 4.19. The molecule has 0 aliphatic rings. The molecule has 0 saturated carbocycles. The van der Waals surface area contributed by atoms with Gasteiger partial charge in [0.2, 0.25) is 0 Å². The summed E-state index contributed by atoms with van der Waals surface area (Å²) in [5.41, 5.74) is 0.334. The van der Waals surface area contributed by atoms with Gasteiger partial charge in [0, 0.05) is 29.9 Å². The van der Waals surface area contributed by atoms with Gasteiger partial charge in [0.25, 0.3) is 0 Å². The lowest BCUT2D eigenvalue weighted by molar-refractivity contribution is -0.142. The molecule has 2 aromatic heterocycles. The SMILES string of the molecule is CC(CS)(C(=O)O)c1cccn2ccnc12. The molecule has 0 aromatic carbocycles. The molecule has 0 amide bonds. The lowest BCUT2D eigenvalue weighted by Crippen LogP contribution is -2.34. The average Bonchev–Trinajstić information content (AvgIpc) is 2.75. The zero-order valence-corrected chi connectivity index (χ0v) is 9.69. The molecule has 5 heteroatoms. The molecule has 1 unspecified atom stereocenters. The Balaban J connectivity index is 2.70. The Morgan fingerprint density at radius 3 is 3.00 bits per heavy atom. The maximum absolute atomic E-state index is 11.3. The maximum atomic E-state index is 11.3. The Bertz CT molecular complexity index is 538.